The number of rotatable bonds is 12. The molecule has 0 spiro atoms. The topological polar surface area (TPSA) is 61.8 Å². The van der Waals surface area contributed by atoms with Crippen LogP contribution in [0.15, 0.2) is 25.3 Å². The van der Waals surface area contributed by atoms with Crippen molar-refractivity contribution in [3.63, 3.8) is 0 Å². The van der Waals surface area contributed by atoms with E-state index in [2.05, 4.69) is 13.2 Å². The maximum Gasteiger partial charge on any atom is 0.330 e. The van der Waals surface area contributed by atoms with Crippen LogP contribution in [0.1, 0.15) is 25.7 Å². The van der Waals surface area contributed by atoms with Gasteiger partial charge in [-0.3, -0.25) is 0 Å². The lowest BCUT2D eigenvalue weighted by molar-refractivity contribution is -0.139. The average molecular weight is 270 g/mol. The molecule has 0 aliphatic heterocycles. The SMILES string of the molecule is C=CC(=O)OCCCCCCOCCOC(=O)C=C. The van der Waals surface area contributed by atoms with Gasteiger partial charge in [-0.25, -0.2) is 9.59 Å². The largest absolute Gasteiger partial charge is 0.463 e. The Morgan fingerprint density at radius 3 is 1.84 bits per heavy atom. The Morgan fingerprint density at radius 1 is 0.737 bits per heavy atom. The van der Waals surface area contributed by atoms with Crippen LogP contribution in [0.25, 0.3) is 0 Å². The summed E-state index contributed by atoms with van der Waals surface area (Å²) >= 11 is 0. The molecule has 5 nitrogen and oxygen atoms in total. The molecular formula is C14H22O5. The zero-order valence-corrected chi connectivity index (χ0v) is 11.3. The second kappa shape index (κ2) is 12.8. The van der Waals surface area contributed by atoms with Gasteiger partial charge in [0, 0.05) is 18.8 Å². The van der Waals surface area contributed by atoms with Crippen LogP contribution in [-0.2, 0) is 23.8 Å². The van der Waals surface area contributed by atoms with Crippen LogP contribution in [0.5, 0.6) is 0 Å². The summed E-state index contributed by atoms with van der Waals surface area (Å²) in [7, 11) is 0. The van der Waals surface area contributed by atoms with Crippen molar-refractivity contribution in [2.75, 3.05) is 26.4 Å². The third-order valence-electron chi connectivity index (χ3n) is 2.23. The quantitative estimate of drug-likeness (QED) is 0.308. The highest BCUT2D eigenvalue weighted by atomic mass is 16.6. The van der Waals surface area contributed by atoms with Gasteiger partial charge < -0.3 is 14.2 Å². The fourth-order valence-electron chi connectivity index (χ4n) is 1.25. The predicted octanol–water partition coefficient (Wildman–Crippen LogP) is 2.02. The molecular weight excluding hydrogens is 248 g/mol. The lowest BCUT2D eigenvalue weighted by Gasteiger charge is -2.05. The van der Waals surface area contributed by atoms with Crippen molar-refractivity contribution in [1.82, 2.24) is 0 Å². The Morgan fingerprint density at radius 2 is 1.26 bits per heavy atom. The fraction of sp³-hybridized carbons (Fsp3) is 0.571. The van der Waals surface area contributed by atoms with Crippen LogP contribution >= 0.6 is 0 Å². The summed E-state index contributed by atoms with van der Waals surface area (Å²) in [5.74, 6) is -0.810. The number of esters is 2. The molecule has 0 unspecified atom stereocenters. The van der Waals surface area contributed by atoms with Crippen molar-refractivity contribution >= 4 is 11.9 Å². The van der Waals surface area contributed by atoms with E-state index in [9.17, 15) is 9.59 Å². The number of ether oxygens (including phenoxy) is 3. The highest BCUT2D eigenvalue weighted by Crippen LogP contribution is 2.00. The van der Waals surface area contributed by atoms with Gasteiger partial charge in [-0.15, -0.1) is 0 Å². The Hall–Kier alpha value is -1.62. The van der Waals surface area contributed by atoms with E-state index in [4.69, 9.17) is 14.2 Å². The summed E-state index contributed by atoms with van der Waals surface area (Å²) in [6.07, 6.45) is 6.06. The molecule has 5 heteroatoms. The number of hydrogen-bond acceptors (Lipinski definition) is 5. The van der Waals surface area contributed by atoms with E-state index in [0.29, 0.717) is 19.8 Å². The van der Waals surface area contributed by atoms with Gasteiger partial charge >= 0.3 is 11.9 Å². The molecule has 0 N–H and O–H groups in total. The molecule has 0 bridgehead atoms. The van der Waals surface area contributed by atoms with Gasteiger partial charge in [0.1, 0.15) is 6.61 Å². The van der Waals surface area contributed by atoms with E-state index in [-0.39, 0.29) is 12.6 Å². The first kappa shape index (κ1) is 17.4. The van der Waals surface area contributed by atoms with Crippen molar-refractivity contribution in [2.24, 2.45) is 0 Å². The molecule has 0 aromatic heterocycles. The van der Waals surface area contributed by atoms with Gasteiger partial charge in [-0.1, -0.05) is 19.6 Å². The molecule has 0 amide bonds. The van der Waals surface area contributed by atoms with Crippen molar-refractivity contribution in [3.8, 4) is 0 Å². The first-order chi connectivity index (χ1) is 9.20. The van der Waals surface area contributed by atoms with Crippen LogP contribution in [0.2, 0.25) is 0 Å². The van der Waals surface area contributed by atoms with E-state index in [1.807, 2.05) is 0 Å². The molecule has 0 aromatic carbocycles. The van der Waals surface area contributed by atoms with Crippen molar-refractivity contribution < 1.29 is 23.8 Å². The molecule has 0 saturated heterocycles. The molecule has 0 heterocycles. The monoisotopic (exact) mass is 270 g/mol. The lowest BCUT2D eigenvalue weighted by atomic mass is 10.2. The van der Waals surface area contributed by atoms with E-state index in [1.165, 1.54) is 0 Å². The normalized spacial score (nSPS) is 9.68. The van der Waals surface area contributed by atoms with Gasteiger partial charge in [-0.05, 0) is 19.3 Å². The molecule has 0 aromatic rings. The number of carbonyl (C=O) groups is 2. The van der Waals surface area contributed by atoms with Crippen LogP contribution < -0.4 is 0 Å². The molecule has 0 atom stereocenters. The van der Waals surface area contributed by atoms with Gasteiger partial charge in [0.15, 0.2) is 0 Å². The second-order valence-electron chi connectivity index (χ2n) is 3.77. The second-order valence-corrected chi connectivity index (χ2v) is 3.77. The molecule has 0 radical (unpaired) electrons. The van der Waals surface area contributed by atoms with Crippen LogP contribution in [-0.4, -0.2) is 38.4 Å². The number of hydrogen-bond donors (Lipinski definition) is 0. The Balaban J connectivity index is 3.10. The summed E-state index contributed by atoms with van der Waals surface area (Å²) in [6.45, 7) is 8.32. The summed E-state index contributed by atoms with van der Waals surface area (Å²) in [6, 6.07) is 0. The first-order valence-electron chi connectivity index (χ1n) is 6.37. The van der Waals surface area contributed by atoms with Crippen LogP contribution in [0.4, 0.5) is 0 Å². The number of carbonyl (C=O) groups excluding carboxylic acids is 2. The van der Waals surface area contributed by atoms with Crippen molar-refractivity contribution in [2.45, 2.75) is 25.7 Å². The molecule has 0 saturated carbocycles. The van der Waals surface area contributed by atoms with E-state index in [1.54, 1.807) is 0 Å². The van der Waals surface area contributed by atoms with E-state index in [0.717, 1.165) is 37.8 Å². The summed E-state index contributed by atoms with van der Waals surface area (Å²) in [5, 5.41) is 0. The van der Waals surface area contributed by atoms with Crippen LogP contribution in [0, 0.1) is 0 Å². The maximum absolute atomic E-state index is 10.7. The average Bonchev–Trinajstić information content (AvgIpc) is 2.43. The molecule has 0 aliphatic rings. The predicted molar refractivity (Wildman–Crippen MR) is 71.6 cm³/mol. The maximum atomic E-state index is 10.7. The summed E-state index contributed by atoms with van der Waals surface area (Å²) < 4.78 is 14.9. The standard InChI is InChI=1S/C14H22O5/c1-3-13(15)18-10-8-6-5-7-9-17-11-12-19-14(16)4-2/h3-4H,1-2,5-12H2. The number of unbranched alkanes of at least 4 members (excludes halogenated alkanes) is 3. The van der Waals surface area contributed by atoms with E-state index >= 15 is 0 Å². The minimum atomic E-state index is -0.433. The van der Waals surface area contributed by atoms with Gasteiger partial charge in [0.2, 0.25) is 0 Å². The molecule has 0 fully saturated rings. The van der Waals surface area contributed by atoms with E-state index < -0.39 is 5.97 Å². The first-order valence-corrected chi connectivity index (χ1v) is 6.37. The Kier molecular flexibility index (Phi) is 11.7. The highest BCUT2D eigenvalue weighted by Gasteiger charge is 1.97. The van der Waals surface area contributed by atoms with Crippen LogP contribution in [0.3, 0.4) is 0 Å². The zero-order valence-electron chi connectivity index (χ0n) is 11.3. The van der Waals surface area contributed by atoms with Gasteiger partial charge in [0.05, 0.1) is 13.2 Å². The lowest BCUT2D eigenvalue weighted by Crippen LogP contribution is -2.08. The fourth-order valence-corrected chi connectivity index (χ4v) is 1.25. The third-order valence-corrected chi connectivity index (χ3v) is 2.23. The smallest absolute Gasteiger partial charge is 0.330 e. The van der Waals surface area contributed by atoms with Gasteiger partial charge in [0.25, 0.3) is 0 Å². The Bertz CT molecular complexity index is 258. The molecule has 0 rings (SSSR count). The van der Waals surface area contributed by atoms with Crippen molar-refractivity contribution in [3.05, 3.63) is 25.3 Å². The van der Waals surface area contributed by atoms with Crippen molar-refractivity contribution in [1.29, 1.82) is 0 Å². The minimum Gasteiger partial charge on any atom is -0.463 e. The highest BCUT2D eigenvalue weighted by molar-refractivity contribution is 5.81. The zero-order chi connectivity index (χ0) is 14.3. The van der Waals surface area contributed by atoms with Gasteiger partial charge in [-0.2, -0.15) is 0 Å². The Labute approximate surface area is 114 Å². The minimum absolute atomic E-state index is 0.252. The molecule has 19 heavy (non-hydrogen) atoms. The molecule has 108 valence electrons. The molecule has 0 aliphatic carbocycles. The third kappa shape index (κ3) is 12.6. The summed E-state index contributed by atoms with van der Waals surface area (Å²) in [5.41, 5.74) is 0. The summed E-state index contributed by atoms with van der Waals surface area (Å²) in [4.78, 5) is 21.4.